The van der Waals surface area contributed by atoms with Gasteiger partial charge in [0.2, 0.25) is 5.43 Å². The summed E-state index contributed by atoms with van der Waals surface area (Å²) in [6.45, 7) is 4.99. The van der Waals surface area contributed by atoms with Crippen molar-refractivity contribution in [3.8, 4) is 5.75 Å². The molecular weight excluding hydrogens is 434 g/mol. The largest absolute Gasteiger partial charge is 0.502 e. The van der Waals surface area contributed by atoms with Gasteiger partial charge in [0.05, 0.1) is 0 Å². The number of pyridine rings is 1. The number of aromatic nitrogens is 1. The molecule has 4 rings (SSSR count). The SMILES string of the molecule is Cc1cc(F)c(CNC(=O)c2cn3c(c(O)c2=O)C(=O)N2CN3[C@@H](C)C/C=C\[C@H]2C)c(F)c1. The van der Waals surface area contributed by atoms with Crippen LogP contribution in [0.1, 0.15) is 52.2 Å². The van der Waals surface area contributed by atoms with E-state index in [1.165, 1.54) is 22.7 Å². The van der Waals surface area contributed by atoms with E-state index in [2.05, 4.69) is 5.32 Å². The molecule has 0 unspecified atom stereocenters. The lowest BCUT2D eigenvalue weighted by atomic mass is 10.1. The first-order valence-electron chi connectivity index (χ1n) is 10.6. The number of amides is 2. The van der Waals surface area contributed by atoms with E-state index in [4.69, 9.17) is 0 Å². The molecule has 1 aromatic heterocycles. The van der Waals surface area contributed by atoms with Crippen LogP contribution >= 0.6 is 0 Å². The number of nitrogens with one attached hydrogen (secondary N) is 1. The van der Waals surface area contributed by atoms with E-state index in [1.54, 1.807) is 5.01 Å². The number of benzene rings is 1. The number of aryl methyl sites for hydroxylation is 1. The molecule has 33 heavy (non-hydrogen) atoms. The minimum atomic E-state index is -1.04. The highest BCUT2D eigenvalue weighted by Gasteiger charge is 2.37. The van der Waals surface area contributed by atoms with Crippen molar-refractivity contribution >= 4 is 11.8 Å². The Kier molecular flexibility index (Phi) is 5.69. The van der Waals surface area contributed by atoms with Gasteiger partial charge in [-0.1, -0.05) is 12.2 Å². The number of halogens is 2. The molecule has 2 amide bonds. The molecule has 0 fully saturated rings. The second-order valence-corrected chi connectivity index (χ2v) is 8.41. The predicted molar refractivity (Wildman–Crippen MR) is 117 cm³/mol. The number of fused-ring (bicyclic) bond motifs is 4. The van der Waals surface area contributed by atoms with E-state index in [1.807, 2.05) is 26.0 Å². The summed E-state index contributed by atoms with van der Waals surface area (Å²) in [7, 11) is 0. The van der Waals surface area contributed by atoms with E-state index >= 15 is 0 Å². The van der Waals surface area contributed by atoms with Crippen LogP contribution in [0.4, 0.5) is 8.78 Å². The Labute approximate surface area is 188 Å². The van der Waals surface area contributed by atoms with Gasteiger partial charge in [-0.15, -0.1) is 0 Å². The molecule has 10 heteroatoms. The van der Waals surface area contributed by atoms with E-state index in [-0.39, 0.29) is 30.0 Å². The molecule has 0 saturated heterocycles. The van der Waals surface area contributed by atoms with Crippen LogP contribution in [0.5, 0.6) is 5.75 Å². The van der Waals surface area contributed by atoms with Gasteiger partial charge in [-0.05, 0) is 44.9 Å². The van der Waals surface area contributed by atoms with Crippen molar-refractivity contribution < 1.29 is 23.5 Å². The van der Waals surface area contributed by atoms with Gasteiger partial charge >= 0.3 is 0 Å². The highest BCUT2D eigenvalue weighted by molar-refractivity contribution is 5.99. The molecule has 0 aliphatic carbocycles. The average Bonchev–Trinajstić information content (AvgIpc) is 2.74. The Bertz CT molecular complexity index is 1220. The lowest BCUT2D eigenvalue weighted by Gasteiger charge is -2.45. The third kappa shape index (κ3) is 3.85. The summed E-state index contributed by atoms with van der Waals surface area (Å²) in [4.78, 5) is 40.1. The number of nitrogens with zero attached hydrogens (tertiary/aromatic N) is 3. The molecule has 2 atom stereocenters. The summed E-state index contributed by atoms with van der Waals surface area (Å²) < 4.78 is 29.5. The fourth-order valence-corrected chi connectivity index (χ4v) is 4.10. The van der Waals surface area contributed by atoms with Crippen molar-refractivity contribution in [1.82, 2.24) is 14.9 Å². The summed E-state index contributed by atoms with van der Waals surface area (Å²) in [5, 5.41) is 14.7. The van der Waals surface area contributed by atoms with Crippen LogP contribution in [-0.2, 0) is 6.54 Å². The summed E-state index contributed by atoms with van der Waals surface area (Å²) in [5.74, 6) is -3.95. The average molecular weight is 458 g/mol. The van der Waals surface area contributed by atoms with Gasteiger partial charge < -0.3 is 15.3 Å². The predicted octanol–water partition coefficient (Wildman–Crippen LogP) is 2.16. The van der Waals surface area contributed by atoms with Crippen molar-refractivity contribution in [2.24, 2.45) is 0 Å². The third-order valence-electron chi connectivity index (χ3n) is 6.05. The van der Waals surface area contributed by atoms with Crippen LogP contribution in [0.3, 0.4) is 0 Å². The lowest BCUT2D eigenvalue weighted by Crippen LogP contribution is -2.59. The fraction of sp³-hybridized carbons (Fsp3) is 0.348. The molecule has 2 aliphatic heterocycles. The Morgan fingerprint density at radius 3 is 2.55 bits per heavy atom. The fourth-order valence-electron chi connectivity index (χ4n) is 4.10. The molecule has 2 N–H and O–H groups in total. The molecule has 2 aromatic rings. The molecule has 1 aromatic carbocycles. The van der Waals surface area contributed by atoms with E-state index in [9.17, 15) is 28.3 Å². The summed E-state index contributed by atoms with van der Waals surface area (Å²) in [5.41, 5.74) is -1.66. The Hall–Kier alpha value is -3.69. The number of hydrogen-bond donors (Lipinski definition) is 2. The molecule has 2 aliphatic rings. The summed E-state index contributed by atoms with van der Waals surface area (Å²) in [6.07, 6.45) is 5.68. The number of carbonyl (C=O) groups excluding carboxylic acids is 2. The van der Waals surface area contributed by atoms with Crippen molar-refractivity contribution in [2.75, 3.05) is 11.7 Å². The van der Waals surface area contributed by atoms with E-state index < -0.39 is 46.7 Å². The minimum absolute atomic E-state index is 0.114. The molecule has 2 bridgehead atoms. The Balaban J connectivity index is 1.71. The zero-order valence-electron chi connectivity index (χ0n) is 18.4. The maximum Gasteiger partial charge on any atom is 0.278 e. The minimum Gasteiger partial charge on any atom is -0.502 e. The molecular formula is C23H24F2N4O4. The van der Waals surface area contributed by atoms with Crippen LogP contribution < -0.4 is 15.8 Å². The maximum absolute atomic E-state index is 14.1. The zero-order chi connectivity index (χ0) is 24.0. The van der Waals surface area contributed by atoms with Crippen molar-refractivity contribution in [1.29, 1.82) is 0 Å². The standard InChI is InChI=1S/C23H24F2N4O4/c1-12-7-17(24)15(18(25)8-12)9-26-22(32)16-10-28-19(21(31)20(16)30)23(33)27-11-29(28)14(3)6-4-5-13(27)2/h4-5,7-8,10,13-14,31H,6,9,11H2,1-3H3,(H,26,32)/b5-4-/t13-,14+/m1/s1. The molecule has 174 valence electrons. The van der Waals surface area contributed by atoms with Gasteiger partial charge in [0.1, 0.15) is 23.9 Å². The van der Waals surface area contributed by atoms with E-state index in [0.717, 1.165) is 12.1 Å². The highest BCUT2D eigenvalue weighted by atomic mass is 19.1. The molecule has 3 heterocycles. The van der Waals surface area contributed by atoms with Crippen LogP contribution in [0.2, 0.25) is 0 Å². The molecule has 0 spiro atoms. The second kappa shape index (κ2) is 8.34. The highest BCUT2D eigenvalue weighted by Crippen LogP contribution is 2.26. The van der Waals surface area contributed by atoms with Crippen molar-refractivity contribution in [3.05, 3.63) is 74.7 Å². The lowest BCUT2D eigenvalue weighted by molar-refractivity contribution is 0.0634. The van der Waals surface area contributed by atoms with Crippen LogP contribution in [0.25, 0.3) is 0 Å². The number of carbonyl (C=O) groups is 2. The van der Waals surface area contributed by atoms with Crippen molar-refractivity contribution in [3.63, 3.8) is 0 Å². The summed E-state index contributed by atoms with van der Waals surface area (Å²) >= 11 is 0. The number of hydrogen-bond acceptors (Lipinski definition) is 5. The third-order valence-corrected chi connectivity index (χ3v) is 6.05. The van der Waals surface area contributed by atoms with Crippen molar-refractivity contribution in [2.45, 2.75) is 45.8 Å². The molecule has 8 nitrogen and oxygen atoms in total. The molecule has 0 saturated carbocycles. The monoisotopic (exact) mass is 458 g/mol. The van der Waals surface area contributed by atoms with Crippen LogP contribution in [0.15, 0.2) is 35.3 Å². The van der Waals surface area contributed by atoms with Crippen LogP contribution in [0, 0.1) is 18.6 Å². The maximum atomic E-state index is 14.1. The summed E-state index contributed by atoms with van der Waals surface area (Å²) in [6, 6.07) is 1.91. The Morgan fingerprint density at radius 2 is 1.88 bits per heavy atom. The zero-order valence-corrected chi connectivity index (χ0v) is 18.4. The first-order valence-corrected chi connectivity index (χ1v) is 10.6. The first-order chi connectivity index (χ1) is 15.6. The first kappa shape index (κ1) is 22.5. The number of rotatable bonds is 3. The van der Waals surface area contributed by atoms with E-state index in [0.29, 0.717) is 12.0 Å². The van der Waals surface area contributed by atoms with Gasteiger partial charge in [0.25, 0.3) is 11.8 Å². The second-order valence-electron chi connectivity index (χ2n) is 8.41. The Morgan fingerprint density at radius 1 is 1.21 bits per heavy atom. The van der Waals surface area contributed by atoms with Gasteiger partial charge in [0.15, 0.2) is 11.4 Å². The van der Waals surface area contributed by atoms with Gasteiger partial charge in [-0.25, -0.2) is 8.78 Å². The van der Waals surface area contributed by atoms with Gasteiger partial charge in [-0.2, -0.15) is 0 Å². The molecule has 0 radical (unpaired) electrons. The smallest absolute Gasteiger partial charge is 0.278 e. The van der Waals surface area contributed by atoms with Gasteiger partial charge in [-0.3, -0.25) is 24.1 Å². The quantitative estimate of drug-likeness (QED) is 0.688. The normalized spacial score (nSPS) is 20.7. The van der Waals surface area contributed by atoms with Crippen LogP contribution in [-0.4, -0.2) is 45.2 Å². The topological polar surface area (TPSA) is 94.9 Å². The number of aromatic hydroxyl groups is 1. The van der Waals surface area contributed by atoms with Gasteiger partial charge in [0, 0.05) is 30.4 Å².